The maximum atomic E-state index is 12.4. The molecule has 0 aliphatic carbocycles. The van der Waals surface area contributed by atoms with E-state index in [0.29, 0.717) is 31.9 Å². The minimum atomic E-state index is -0.184. The van der Waals surface area contributed by atoms with Gasteiger partial charge in [0.1, 0.15) is 10.3 Å². The molecule has 0 unspecified atom stereocenters. The van der Waals surface area contributed by atoms with Crippen molar-refractivity contribution in [3.8, 4) is 0 Å². The predicted molar refractivity (Wildman–Crippen MR) is 78.6 cm³/mol. The molecule has 1 amide bonds. The minimum absolute atomic E-state index is 0.184. The number of ether oxygens (including phenoxy) is 1. The summed E-state index contributed by atoms with van der Waals surface area (Å²) < 4.78 is 5.35. The Kier molecular flexibility index (Phi) is 5.52. The number of carbonyl (C=O) groups excluding carboxylic acids is 1. The van der Waals surface area contributed by atoms with Gasteiger partial charge in [0.05, 0.1) is 19.8 Å². The Morgan fingerprint density at radius 1 is 1.30 bits per heavy atom. The van der Waals surface area contributed by atoms with Gasteiger partial charge in [-0.05, 0) is 18.2 Å². The first-order valence-corrected chi connectivity index (χ1v) is 6.79. The summed E-state index contributed by atoms with van der Waals surface area (Å²) in [7, 11) is 0. The Bertz CT molecular complexity index is 526. The summed E-state index contributed by atoms with van der Waals surface area (Å²) in [6, 6.07) is 2.99. The number of aliphatic imine (C=N–C) groups is 1. The van der Waals surface area contributed by atoms with Gasteiger partial charge in [-0.1, -0.05) is 23.2 Å². The molecule has 2 rings (SSSR count). The van der Waals surface area contributed by atoms with Crippen LogP contribution in [0.25, 0.3) is 0 Å². The summed E-state index contributed by atoms with van der Waals surface area (Å²) in [6.45, 7) is 1.79. The molecule has 1 aromatic heterocycles. The van der Waals surface area contributed by atoms with Crippen LogP contribution in [0, 0.1) is 0 Å². The molecule has 1 aliphatic heterocycles. The van der Waals surface area contributed by atoms with Gasteiger partial charge in [-0.3, -0.25) is 9.79 Å². The van der Waals surface area contributed by atoms with E-state index in [1.165, 1.54) is 12.1 Å². The van der Waals surface area contributed by atoms with E-state index in [-0.39, 0.29) is 16.2 Å². The normalized spacial score (nSPS) is 19.4. The van der Waals surface area contributed by atoms with Crippen LogP contribution in [0.15, 0.2) is 29.4 Å². The Balaban J connectivity index is 2.16. The zero-order chi connectivity index (χ0) is 14.4. The molecule has 0 saturated carbocycles. The molecule has 0 radical (unpaired) electrons. The van der Waals surface area contributed by atoms with Crippen LogP contribution in [0.2, 0.25) is 10.3 Å². The lowest BCUT2D eigenvalue weighted by Gasteiger charge is -2.21. The Labute approximate surface area is 126 Å². The number of hydrogen-bond donors (Lipinski definition) is 0. The number of aromatic nitrogens is 1. The van der Waals surface area contributed by atoms with Crippen molar-refractivity contribution in [1.82, 2.24) is 9.88 Å². The van der Waals surface area contributed by atoms with Crippen LogP contribution >= 0.6 is 23.2 Å². The first-order chi connectivity index (χ1) is 9.66. The van der Waals surface area contributed by atoms with E-state index in [1.807, 2.05) is 6.08 Å². The van der Waals surface area contributed by atoms with Gasteiger partial charge >= 0.3 is 0 Å². The number of pyridine rings is 1. The van der Waals surface area contributed by atoms with Gasteiger partial charge in [-0.2, -0.15) is 0 Å². The standard InChI is InChI=1S/C13H13Cl2N3O2/c14-11-8-10(9-12(15)17-11)13(19)18-4-3-16-2-1-6-20-7-5-18/h1-3,8-9H,4-7H2/b2-1-,16-3-. The molecule has 5 nitrogen and oxygen atoms in total. The summed E-state index contributed by atoms with van der Waals surface area (Å²) in [6.07, 6.45) is 5.13. The third-order valence-electron chi connectivity index (χ3n) is 2.62. The molecule has 20 heavy (non-hydrogen) atoms. The van der Waals surface area contributed by atoms with Gasteiger partial charge in [0, 0.05) is 24.5 Å². The lowest BCUT2D eigenvalue weighted by Crippen LogP contribution is -2.35. The van der Waals surface area contributed by atoms with Crippen molar-refractivity contribution in [2.75, 3.05) is 26.3 Å². The highest BCUT2D eigenvalue weighted by molar-refractivity contribution is 6.33. The molecule has 0 spiro atoms. The highest BCUT2D eigenvalue weighted by atomic mass is 35.5. The Morgan fingerprint density at radius 2 is 2.05 bits per heavy atom. The molecule has 106 valence electrons. The highest BCUT2D eigenvalue weighted by Crippen LogP contribution is 2.16. The van der Waals surface area contributed by atoms with Gasteiger partial charge < -0.3 is 9.64 Å². The highest BCUT2D eigenvalue weighted by Gasteiger charge is 2.16. The van der Waals surface area contributed by atoms with Crippen molar-refractivity contribution in [1.29, 1.82) is 0 Å². The second-order valence-electron chi connectivity index (χ2n) is 4.04. The molecular weight excluding hydrogens is 301 g/mol. The first-order valence-electron chi connectivity index (χ1n) is 6.03. The molecular formula is C13H13Cl2N3O2. The van der Waals surface area contributed by atoms with Crippen LogP contribution in [0.5, 0.6) is 0 Å². The fraction of sp³-hybridized carbons (Fsp3) is 0.308. The van der Waals surface area contributed by atoms with Crippen molar-refractivity contribution in [2.24, 2.45) is 4.99 Å². The predicted octanol–water partition coefficient (Wildman–Crippen LogP) is 2.45. The lowest BCUT2D eigenvalue weighted by atomic mass is 10.2. The first kappa shape index (κ1) is 15.0. The third kappa shape index (κ3) is 4.30. The van der Waals surface area contributed by atoms with Crippen LogP contribution in [0.4, 0.5) is 0 Å². The van der Waals surface area contributed by atoms with Crippen LogP contribution in [0.1, 0.15) is 10.4 Å². The number of rotatable bonds is 1. The molecule has 1 aromatic rings. The van der Waals surface area contributed by atoms with E-state index >= 15 is 0 Å². The van der Waals surface area contributed by atoms with E-state index < -0.39 is 0 Å². The maximum Gasteiger partial charge on any atom is 0.254 e. The van der Waals surface area contributed by atoms with Crippen molar-refractivity contribution in [2.45, 2.75) is 0 Å². The number of nitrogens with zero attached hydrogens (tertiary/aromatic N) is 3. The van der Waals surface area contributed by atoms with Crippen LogP contribution in [-0.4, -0.2) is 48.3 Å². The van der Waals surface area contributed by atoms with Gasteiger partial charge in [0.2, 0.25) is 0 Å². The van der Waals surface area contributed by atoms with E-state index in [1.54, 1.807) is 17.3 Å². The molecule has 1 aliphatic rings. The quantitative estimate of drug-likeness (QED) is 0.748. The van der Waals surface area contributed by atoms with E-state index in [2.05, 4.69) is 9.98 Å². The van der Waals surface area contributed by atoms with Crippen molar-refractivity contribution >= 4 is 35.3 Å². The van der Waals surface area contributed by atoms with Crippen molar-refractivity contribution in [3.05, 3.63) is 40.3 Å². The molecule has 0 atom stereocenters. The van der Waals surface area contributed by atoms with E-state index in [0.717, 1.165) is 0 Å². The summed E-state index contributed by atoms with van der Waals surface area (Å²) in [5.74, 6) is -0.184. The molecule has 7 heteroatoms. The Hall–Kier alpha value is -1.43. The SMILES string of the molecule is O=C(c1cc(Cl)nc(Cl)c1)N1C/C=N\C=C/COCC1. The zero-order valence-corrected chi connectivity index (χ0v) is 12.1. The minimum Gasteiger partial charge on any atom is -0.375 e. The summed E-state index contributed by atoms with van der Waals surface area (Å²) in [4.78, 5) is 21.9. The average molecular weight is 314 g/mol. The summed E-state index contributed by atoms with van der Waals surface area (Å²) in [5, 5.41) is 0.379. The zero-order valence-electron chi connectivity index (χ0n) is 10.6. The van der Waals surface area contributed by atoms with Gasteiger partial charge in [-0.15, -0.1) is 0 Å². The second-order valence-corrected chi connectivity index (χ2v) is 4.82. The molecule has 0 fully saturated rings. The fourth-order valence-corrected chi connectivity index (χ4v) is 2.14. The third-order valence-corrected chi connectivity index (χ3v) is 3.00. The fourth-order valence-electron chi connectivity index (χ4n) is 1.68. The van der Waals surface area contributed by atoms with E-state index in [4.69, 9.17) is 27.9 Å². The largest absolute Gasteiger partial charge is 0.375 e. The van der Waals surface area contributed by atoms with Gasteiger partial charge in [0.25, 0.3) is 5.91 Å². The smallest absolute Gasteiger partial charge is 0.254 e. The van der Waals surface area contributed by atoms with Crippen molar-refractivity contribution < 1.29 is 9.53 Å². The number of amides is 1. The molecule has 2 heterocycles. The Morgan fingerprint density at radius 3 is 2.80 bits per heavy atom. The van der Waals surface area contributed by atoms with Crippen LogP contribution < -0.4 is 0 Å². The molecule has 0 N–H and O–H groups in total. The molecule has 0 bridgehead atoms. The van der Waals surface area contributed by atoms with Gasteiger partial charge in [0.15, 0.2) is 0 Å². The van der Waals surface area contributed by atoms with Crippen molar-refractivity contribution in [3.63, 3.8) is 0 Å². The summed E-state index contributed by atoms with van der Waals surface area (Å²) >= 11 is 11.6. The monoisotopic (exact) mass is 313 g/mol. The maximum absolute atomic E-state index is 12.4. The van der Waals surface area contributed by atoms with E-state index in [9.17, 15) is 4.79 Å². The van der Waals surface area contributed by atoms with Crippen LogP contribution in [0.3, 0.4) is 0 Å². The number of halogens is 2. The number of carbonyl (C=O) groups is 1. The molecule has 0 aromatic carbocycles. The van der Waals surface area contributed by atoms with Crippen LogP contribution in [-0.2, 0) is 4.74 Å². The second kappa shape index (κ2) is 7.38. The summed E-state index contributed by atoms with van der Waals surface area (Å²) in [5.41, 5.74) is 0.399. The van der Waals surface area contributed by atoms with Gasteiger partial charge in [-0.25, -0.2) is 4.98 Å². The average Bonchev–Trinajstić information content (AvgIpc) is 2.43. The lowest BCUT2D eigenvalue weighted by molar-refractivity contribution is 0.0703. The molecule has 0 saturated heterocycles. The number of hydrogen-bond acceptors (Lipinski definition) is 4. The topological polar surface area (TPSA) is 54.8 Å².